The number of halogens is 1. The molecule has 25 heavy (non-hydrogen) atoms. The van der Waals surface area contributed by atoms with Crippen LogP contribution in [0, 0.1) is 0 Å². The Morgan fingerprint density at radius 1 is 1.08 bits per heavy atom. The van der Waals surface area contributed by atoms with Gasteiger partial charge in [-0.3, -0.25) is 4.79 Å². The third-order valence-corrected chi connectivity index (χ3v) is 5.17. The topological polar surface area (TPSA) is 73.5 Å². The van der Waals surface area contributed by atoms with Crippen molar-refractivity contribution in [3.63, 3.8) is 0 Å². The van der Waals surface area contributed by atoms with Crippen LogP contribution in [0.5, 0.6) is 0 Å². The monoisotopic (exact) mass is 364 g/mol. The zero-order chi connectivity index (χ0) is 16.5. The maximum Gasteiger partial charge on any atom is 0.319 e. The molecule has 136 valence electrons. The Hall–Kier alpha value is -1.79. The first-order valence-electron chi connectivity index (χ1n) is 8.91. The predicted molar refractivity (Wildman–Crippen MR) is 99.3 cm³/mol. The van der Waals surface area contributed by atoms with Crippen LogP contribution in [0.2, 0.25) is 0 Å². The maximum absolute atomic E-state index is 13.0. The van der Waals surface area contributed by atoms with Gasteiger partial charge in [0, 0.05) is 35.9 Å². The quantitative estimate of drug-likeness (QED) is 0.770. The first-order chi connectivity index (χ1) is 11.7. The van der Waals surface area contributed by atoms with Crippen molar-refractivity contribution >= 4 is 30.0 Å². The number of carbonyl (C=O) groups is 2. The molecule has 1 saturated carbocycles. The van der Waals surface area contributed by atoms with E-state index in [1.165, 1.54) is 0 Å². The van der Waals surface area contributed by atoms with E-state index >= 15 is 0 Å². The Balaban J connectivity index is 0.00000182. The molecule has 3 N–H and O–H groups in total. The minimum absolute atomic E-state index is 0. The van der Waals surface area contributed by atoms with Gasteiger partial charge in [-0.05, 0) is 56.8 Å². The Morgan fingerprint density at radius 2 is 1.88 bits per heavy atom. The second-order valence-electron chi connectivity index (χ2n) is 7.04. The molecule has 4 rings (SSSR count). The lowest BCUT2D eigenvalue weighted by atomic mass is 10.1. The van der Waals surface area contributed by atoms with Crippen LogP contribution < -0.4 is 16.0 Å². The number of urea groups is 1. The molecular weight excluding hydrogens is 340 g/mol. The average Bonchev–Trinajstić information content (AvgIpc) is 3.30. The van der Waals surface area contributed by atoms with E-state index in [1.807, 2.05) is 18.2 Å². The van der Waals surface area contributed by atoms with Crippen molar-refractivity contribution in [1.29, 1.82) is 0 Å². The van der Waals surface area contributed by atoms with Crippen molar-refractivity contribution in [1.82, 2.24) is 15.5 Å². The molecule has 3 aliphatic rings. The van der Waals surface area contributed by atoms with E-state index in [4.69, 9.17) is 0 Å². The summed E-state index contributed by atoms with van der Waals surface area (Å²) in [5.74, 6) is 0.0810. The van der Waals surface area contributed by atoms with Crippen LogP contribution in [0.1, 0.15) is 42.5 Å². The second-order valence-corrected chi connectivity index (χ2v) is 7.04. The Bertz CT molecular complexity index is 636. The molecule has 2 bridgehead atoms. The number of hydrogen-bond donors (Lipinski definition) is 3. The summed E-state index contributed by atoms with van der Waals surface area (Å²) in [7, 11) is 0. The van der Waals surface area contributed by atoms with Gasteiger partial charge < -0.3 is 20.9 Å². The molecule has 1 aliphatic carbocycles. The van der Waals surface area contributed by atoms with Crippen molar-refractivity contribution < 1.29 is 9.59 Å². The number of anilines is 1. The van der Waals surface area contributed by atoms with Crippen LogP contribution >= 0.6 is 12.4 Å². The van der Waals surface area contributed by atoms with Gasteiger partial charge in [-0.2, -0.15) is 0 Å². The second kappa shape index (κ2) is 7.62. The van der Waals surface area contributed by atoms with Crippen molar-refractivity contribution in [2.24, 2.45) is 0 Å². The fourth-order valence-electron chi connectivity index (χ4n) is 3.77. The zero-order valence-electron chi connectivity index (χ0n) is 14.2. The summed E-state index contributed by atoms with van der Waals surface area (Å²) < 4.78 is 0. The molecule has 1 aromatic carbocycles. The highest BCUT2D eigenvalue weighted by atomic mass is 35.5. The van der Waals surface area contributed by atoms with Crippen LogP contribution in [0.4, 0.5) is 10.5 Å². The molecule has 0 spiro atoms. The molecule has 2 heterocycles. The van der Waals surface area contributed by atoms with Gasteiger partial charge in [-0.15, -0.1) is 12.4 Å². The highest BCUT2D eigenvalue weighted by Gasteiger charge is 2.38. The number of benzene rings is 1. The highest BCUT2D eigenvalue weighted by molar-refractivity contribution is 5.97. The lowest BCUT2D eigenvalue weighted by molar-refractivity contribution is 0.0680. The summed E-state index contributed by atoms with van der Waals surface area (Å²) in [5, 5.41) is 9.14. The van der Waals surface area contributed by atoms with E-state index in [2.05, 4.69) is 20.9 Å². The number of nitrogens with zero attached hydrogens (tertiary/aromatic N) is 1. The lowest BCUT2D eigenvalue weighted by Gasteiger charge is -2.28. The first kappa shape index (κ1) is 18.0. The van der Waals surface area contributed by atoms with Gasteiger partial charge in [-0.25, -0.2) is 4.79 Å². The lowest BCUT2D eigenvalue weighted by Crippen LogP contribution is -2.42. The van der Waals surface area contributed by atoms with Gasteiger partial charge in [0.05, 0.1) is 0 Å². The minimum atomic E-state index is -0.193. The molecule has 3 fully saturated rings. The molecule has 0 aromatic heterocycles. The number of fused-ring (bicyclic) bond motifs is 2. The summed E-state index contributed by atoms with van der Waals surface area (Å²) in [6, 6.07) is 8.03. The van der Waals surface area contributed by atoms with Gasteiger partial charge in [-0.1, -0.05) is 6.07 Å². The predicted octanol–water partition coefficient (Wildman–Crippen LogP) is 2.36. The molecule has 2 saturated heterocycles. The fourth-order valence-corrected chi connectivity index (χ4v) is 3.77. The van der Waals surface area contributed by atoms with Crippen LogP contribution in [-0.2, 0) is 0 Å². The van der Waals surface area contributed by atoms with E-state index in [0.29, 0.717) is 29.4 Å². The maximum atomic E-state index is 13.0. The fraction of sp³-hybridized carbons (Fsp3) is 0.556. The molecule has 2 aliphatic heterocycles. The number of nitrogens with one attached hydrogen (secondary N) is 3. The van der Waals surface area contributed by atoms with E-state index in [0.717, 1.165) is 45.2 Å². The Morgan fingerprint density at radius 3 is 2.68 bits per heavy atom. The van der Waals surface area contributed by atoms with Crippen molar-refractivity contribution in [2.75, 3.05) is 18.4 Å². The molecule has 2 atom stereocenters. The van der Waals surface area contributed by atoms with Gasteiger partial charge >= 0.3 is 6.03 Å². The third-order valence-electron chi connectivity index (χ3n) is 5.17. The zero-order valence-corrected chi connectivity index (χ0v) is 15.0. The molecular formula is C18H25ClN4O2. The van der Waals surface area contributed by atoms with Crippen LogP contribution in [0.15, 0.2) is 24.3 Å². The van der Waals surface area contributed by atoms with E-state index in [-0.39, 0.29) is 24.3 Å². The Labute approximate surface area is 154 Å². The van der Waals surface area contributed by atoms with Crippen LogP contribution in [0.25, 0.3) is 0 Å². The SMILES string of the molecule is Cl.O=C(Nc1cccc(C(=O)N2C3CCNCC2CC3)c1)NC1CC1. The molecule has 0 radical (unpaired) electrons. The van der Waals surface area contributed by atoms with Crippen molar-refractivity contribution in [3.05, 3.63) is 29.8 Å². The summed E-state index contributed by atoms with van der Waals surface area (Å²) in [6.07, 6.45) is 5.30. The minimum Gasteiger partial charge on any atom is -0.335 e. The van der Waals surface area contributed by atoms with Crippen LogP contribution in [0.3, 0.4) is 0 Å². The van der Waals surface area contributed by atoms with Gasteiger partial charge in [0.25, 0.3) is 5.91 Å². The number of carbonyl (C=O) groups excluding carboxylic acids is 2. The third kappa shape index (κ3) is 4.07. The van der Waals surface area contributed by atoms with Crippen LogP contribution in [-0.4, -0.2) is 48.1 Å². The van der Waals surface area contributed by atoms with Gasteiger partial charge in [0.15, 0.2) is 0 Å². The van der Waals surface area contributed by atoms with E-state index in [1.54, 1.807) is 6.07 Å². The smallest absolute Gasteiger partial charge is 0.319 e. The highest BCUT2D eigenvalue weighted by Crippen LogP contribution is 2.30. The molecule has 3 amide bonds. The Kier molecular flexibility index (Phi) is 5.49. The average molecular weight is 365 g/mol. The van der Waals surface area contributed by atoms with Crippen molar-refractivity contribution in [3.8, 4) is 0 Å². The van der Waals surface area contributed by atoms with Gasteiger partial charge in [0.1, 0.15) is 0 Å². The summed E-state index contributed by atoms with van der Waals surface area (Å²) in [6.45, 7) is 1.86. The van der Waals surface area contributed by atoms with E-state index < -0.39 is 0 Å². The number of amides is 3. The number of rotatable bonds is 3. The summed E-state index contributed by atoms with van der Waals surface area (Å²) in [4.78, 5) is 26.9. The van der Waals surface area contributed by atoms with Crippen molar-refractivity contribution in [2.45, 2.75) is 50.2 Å². The summed E-state index contributed by atoms with van der Waals surface area (Å²) >= 11 is 0. The molecule has 1 aromatic rings. The normalized spacial score (nSPS) is 24.9. The summed E-state index contributed by atoms with van der Waals surface area (Å²) in [5.41, 5.74) is 1.32. The first-order valence-corrected chi connectivity index (χ1v) is 8.91. The largest absolute Gasteiger partial charge is 0.335 e. The van der Waals surface area contributed by atoms with Gasteiger partial charge in [0.2, 0.25) is 0 Å². The standard InChI is InChI=1S/C18H24N4O2.ClH/c23-17(22-15-6-7-16(22)11-19-9-8-15)12-2-1-3-14(10-12)21-18(24)20-13-4-5-13;/h1-3,10,13,15-16,19H,4-9,11H2,(H2,20,21,24);1H. The molecule has 2 unspecified atom stereocenters. The molecule has 6 nitrogen and oxygen atoms in total. The molecule has 7 heteroatoms. The van der Waals surface area contributed by atoms with E-state index in [9.17, 15) is 9.59 Å². The number of hydrogen-bond acceptors (Lipinski definition) is 3.